The molecule has 0 radical (unpaired) electrons. The molecule has 1 unspecified atom stereocenters. The molecule has 0 fully saturated rings. The number of hydrogen-bond donors (Lipinski definition) is 1. The topological polar surface area (TPSA) is 119 Å². The minimum absolute atomic E-state index is 0.0204. The van der Waals surface area contributed by atoms with E-state index in [9.17, 15) is 14.4 Å². The van der Waals surface area contributed by atoms with Crippen LogP contribution in [-0.4, -0.2) is 88.7 Å². The molecule has 0 aromatic carbocycles. The smallest absolute Gasteiger partial charge is 0.272 e. The third-order valence-electron chi connectivity index (χ3n) is 7.82. The Kier molecular flexibility index (Phi) is 9.65. The van der Waals surface area contributed by atoms with Gasteiger partial charge in [-0.25, -0.2) is 0 Å². The van der Waals surface area contributed by atoms with Crippen LogP contribution in [0.2, 0.25) is 0 Å². The number of rotatable bonds is 6. The highest BCUT2D eigenvalue weighted by atomic mass is 16.5. The maximum Gasteiger partial charge on any atom is 0.272 e. The second-order valence-corrected chi connectivity index (χ2v) is 11.0. The van der Waals surface area contributed by atoms with Gasteiger partial charge in [0, 0.05) is 63.0 Å². The van der Waals surface area contributed by atoms with Crippen LogP contribution in [0, 0.1) is 5.92 Å². The molecule has 2 aromatic heterocycles. The van der Waals surface area contributed by atoms with E-state index in [1.54, 1.807) is 21.7 Å². The lowest BCUT2D eigenvalue weighted by Gasteiger charge is -2.35. The summed E-state index contributed by atoms with van der Waals surface area (Å²) in [5.74, 6) is 0.637. The molecule has 11 heteroatoms. The van der Waals surface area contributed by atoms with Crippen molar-refractivity contribution in [3.8, 4) is 11.8 Å². The van der Waals surface area contributed by atoms with Crippen molar-refractivity contribution in [2.75, 3.05) is 40.4 Å². The van der Waals surface area contributed by atoms with Crippen LogP contribution in [0.15, 0.2) is 12.1 Å². The summed E-state index contributed by atoms with van der Waals surface area (Å²) in [7, 11) is 4.84. The lowest BCUT2D eigenvalue weighted by molar-refractivity contribution is -0.134. The van der Waals surface area contributed by atoms with Gasteiger partial charge in [0.25, 0.3) is 11.8 Å². The zero-order valence-electron chi connectivity index (χ0n) is 24.4. The summed E-state index contributed by atoms with van der Waals surface area (Å²) in [4.78, 5) is 48.4. The van der Waals surface area contributed by atoms with Crippen molar-refractivity contribution in [2.24, 2.45) is 13.0 Å². The largest absolute Gasteiger partial charge is 0.481 e. The molecule has 4 rings (SSSR count). The molecule has 3 amide bonds. The molecule has 40 heavy (non-hydrogen) atoms. The lowest BCUT2D eigenvalue weighted by Crippen LogP contribution is -2.45. The first kappa shape index (κ1) is 29.4. The number of nitrogens with one attached hydrogen (secondary N) is 1. The van der Waals surface area contributed by atoms with Crippen LogP contribution in [0.3, 0.4) is 0 Å². The molecule has 1 N–H and O–H groups in total. The van der Waals surface area contributed by atoms with Gasteiger partial charge in [0.1, 0.15) is 5.56 Å². The van der Waals surface area contributed by atoms with Crippen LogP contribution >= 0.6 is 0 Å². The molecule has 2 bridgehead atoms. The standard InChI is InChI=1S/C29H42N6O5/c1-19(2)13-17-35-20-9-11-23-22(18-20)26(32-33(23)3)27(37)30-14-7-16-34(15-6-8-25(35)36)29(38)21-10-12-24(39-4)31-28(21)40-5/h10,12,19-20H,6-9,11,13-18H2,1-5H3,(H,30,37). The van der Waals surface area contributed by atoms with Gasteiger partial charge in [0.05, 0.1) is 14.2 Å². The van der Waals surface area contributed by atoms with Crippen LogP contribution in [0.4, 0.5) is 0 Å². The van der Waals surface area contributed by atoms with Crippen molar-refractivity contribution in [1.82, 2.24) is 29.9 Å². The normalized spacial score (nSPS) is 18.7. The minimum atomic E-state index is -0.237. The summed E-state index contributed by atoms with van der Waals surface area (Å²) in [5, 5.41) is 7.56. The first-order chi connectivity index (χ1) is 19.2. The summed E-state index contributed by atoms with van der Waals surface area (Å²) in [6, 6.07) is 3.29. The van der Waals surface area contributed by atoms with E-state index in [1.165, 1.54) is 14.2 Å². The van der Waals surface area contributed by atoms with Crippen LogP contribution in [0.1, 0.15) is 78.1 Å². The zero-order valence-corrected chi connectivity index (χ0v) is 24.4. The van der Waals surface area contributed by atoms with Crippen LogP contribution in [0.25, 0.3) is 0 Å². The van der Waals surface area contributed by atoms with Gasteiger partial charge in [0.2, 0.25) is 17.7 Å². The van der Waals surface area contributed by atoms with E-state index in [4.69, 9.17) is 9.47 Å². The molecule has 1 aliphatic carbocycles. The highest BCUT2D eigenvalue weighted by molar-refractivity contribution is 5.96. The summed E-state index contributed by atoms with van der Waals surface area (Å²) in [6.45, 7) is 6.20. The number of amides is 3. The van der Waals surface area contributed by atoms with E-state index < -0.39 is 0 Å². The fourth-order valence-corrected chi connectivity index (χ4v) is 5.59. The fraction of sp³-hybridized carbons (Fsp3) is 0.621. The summed E-state index contributed by atoms with van der Waals surface area (Å²) in [6.07, 6.45) is 4.59. The number of carbonyl (C=O) groups excluding carboxylic acids is 3. The monoisotopic (exact) mass is 554 g/mol. The van der Waals surface area contributed by atoms with Crippen molar-refractivity contribution in [3.63, 3.8) is 0 Å². The minimum Gasteiger partial charge on any atom is -0.481 e. The Balaban J connectivity index is 1.60. The van der Waals surface area contributed by atoms with Gasteiger partial charge in [-0.05, 0) is 50.5 Å². The first-order valence-electron chi connectivity index (χ1n) is 14.2. The Morgan fingerprint density at radius 2 is 1.90 bits per heavy atom. The maximum atomic E-state index is 13.6. The van der Waals surface area contributed by atoms with Gasteiger partial charge in [-0.1, -0.05) is 13.8 Å². The zero-order chi connectivity index (χ0) is 28.8. The molecule has 2 aliphatic rings. The molecule has 218 valence electrons. The third-order valence-corrected chi connectivity index (χ3v) is 7.82. The van der Waals surface area contributed by atoms with Gasteiger partial charge in [-0.3, -0.25) is 19.1 Å². The summed E-state index contributed by atoms with van der Waals surface area (Å²) < 4.78 is 12.3. The number of methoxy groups -OCH3 is 2. The van der Waals surface area contributed by atoms with Crippen molar-refractivity contribution in [3.05, 3.63) is 34.6 Å². The van der Waals surface area contributed by atoms with E-state index in [2.05, 4.69) is 29.2 Å². The molecule has 11 nitrogen and oxygen atoms in total. The average molecular weight is 555 g/mol. The van der Waals surface area contributed by atoms with Gasteiger partial charge < -0.3 is 24.6 Å². The Labute approximate surface area is 236 Å². The van der Waals surface area contributed by atoms with Crippen molar-refractivity contribution >= 4 is 17.7 Å². The van der Waals surface area contributed by atoms with Crippen LogP contribution in [0.5, 0.6) is 11.8 Å². The highest BCUT2D eigenvalue weighted by Crippen LogP contribution is 2.29. The molecular weight excluding hydrogens is 512 g/mol. The Morgan fingerprint density at radius 3 is 2.62 bits per heavy atom. The quantitative estimate of drug-likeness (QED) is 0.583. The number of nitrogens with zero attached hydrogens (tertiary/aromatic N) is 5. The maximum absolute atomic E-state index is 13.6. The first-order valence-corrected chi connectivity index (χ1v) is 14.2. The second kappa shape index (κ2) is 13.1. The molecule has 0 saturated heterocycles. The second-order valence-electron chi connectivity index (χ2n) is 11.0. The predicted molar refractivity (Wildman–Crippen MR) is 150 cm³/mol. The number of carbonyl (C=O) groups is 3. The van der Waals surface area contributed by atoms with E-state index in [0.29, 0.717) is 74.9 Å². The Bertz CT molecular complexity index is 1230. The van der Waals surface area contributed by atoms with Gasteiger partial charge in [0.15, 0.2) is 5.69 Å². The highest BCUT2D eigenvalue weighted by Gasteiger charge is 2.33. The van der Waals surface area contributed by atoms with Crippen LogP contribution < -0.4 is 14.8 Å². The van der Waals surface area contributed by atoms with Crippen molar-refractivity contribution in [2.45, 2.75) is 64.8 Å². The van der Waals surface area contributed by atoms with E-state index in [0.717, 1.165) is 30.5 Å². The van der Waals surface area contributed by atoms with Crippen LogP contribution in [-0.2, 0) is 24.7 Å². The number of hydrogen-bond acceptors (Lipinski definition) is 7. The molecule has 3 heterocycles. The number of pyridine rings is 1. The van der Waals surface area contributed by atoms with E-state index in [-0.39, 0.29) is 29.6 Å². The molecule has 2 aromatic rings. The number of ether oxygens (including phenoxy) is 2. The molecule has 0 spiro atoms. The van der Waals surface area contributed by atoms with Gasteiger partial charge >= 0.3 is 0 Å². The Hall–Kier alpha value is -3.63. The average Bonchev–Trinajstić information content (AvgIpc) is 3.28. The Morgan fingerprint density at radius 1 is 1.12 bits per heavy atom. The van der Waals surface area contributed by atoms with E-state index in [1.807, 2.05) is 11.9 Å². The molecule has 1 atom stereocenters. The molecule has 0 saturated carbocycles. The van der Waals surface area contributed by atoms with Gasteiger partial charge in [-0.2, -0.15) is 10.1 Å². The molecular formula is C29H42N6O5. The predicted octanol–water partition coefficient (Wildman–Crippen LogP) is 2.62. The third kappa shape index (κ3) is 6.56. The van der Waals surface area contributed by atoms with E-state index >= 15 is 0 Å². The number of aryl methyl sites for hydroxylation is 1. The lowest BCUT2D eigenvalue weighted by atomic mass is 9.89. The van der Waals surface area contributed by atoms with Crippen molar-refractivity contribution < 1.29 is 23.9 Å². The summed E-state index contributed by atoms with van der Waals surface area (Å²) >= 11 is 0. The number of fused-ring (bicyclic) bond motifs is 1. The fourth-order valence-electron chi connectivity index (χ4n) is 5.59. The SMILES string of the molecule is COc1ccc(C(=O)N2CCCNC(=O)c3nn(C)c4c3CC(CC4)N(CCC(C)C)C(=O)CCC2)c(OC)n1. The molecule has 1 aliphatic heterocycles. The van der Waals surface area contributed by atoms with Crippen molar-refractivity contribution in [1.29, 1.82) is 0 Å². The summed E-state index contributed by atoms with van der Waals surface area (Å²) in [5.41, 5.74) is 2.78. The number of aromatic nitrogens is 3. The van der Waals surface area contributed by atoms with Gasteiger partial charge in [-0.15, -0.1) is 0 Å².